The first-order valence-corrected chi connectivity index (χ1v) is 15.0. The maximum absolute atomic E-state index is 14.3. The third-order valence-electron chi connectivity index (χ3n) is 7.39. The van der Waals surface area contributed by atoms with Gasteiger partial charge in [-0.1, -0.05) is 12.1 Å². The molecule has 0 bridgehead atoms. The van der Waals surface area contributed by atoms with Crippen LogP contribution in [0.5, 0.6) is 0 Å². The van der Waals surface area contributed by atoms with Crippen molar-refractivity contribution in [1.82, 2.24) is 15.3 Å². The average molecular weight is 570 g/mol. The Bertz CT molecular complexity index is 1510. The predicted molar refractivity (Wildman–Crippen MR) is 149 cm³/mol. The van der Waals surface area contributed by atoms with E-state index in [2.05, 4.69) is 15.6 Å². The summed E-state index contributed by atoms with van der Waals surface area (Å²) >= 11 is 0. The Labute approximate surface area is 232 Å². The van der Waals surface area contributed by atoms with Crippen LogP contribution >= 0.6 is 0 Å². The molecule has 1 aliphatic carbocycles. The molecule has 10 nitrogen and oxygen atoms in total. The van der Waals surface area contributed by atoms with Gasteiger partial charge in [0.15, 0.2) is 9.84 Å². The number of benzene rings is 2. The summed E-state index contributed by atoms with van der Waals surface area (Å²) in [5.74, 6) is -0.203. The molecule has 1 aromatic heterocycles. The fraction of sp³-hybridized carbons (Fsp3) is 0.393. The van der Waals surface area contributed by atoms with Gasteiger partial charge in [-0.3, -0.25) is 0 Å². The number of nitrogens with one attached hydrogen (secondary N) is 2. The van der Waals surface area contributed by atoms with E-state index >= 15 is 0 Å². The molecule has 1 atom stereocenters. The van der Waals surface area contributed by atoms with Crippen LogP contribution in [0.25, 0.3) is 22.5 Å². The number of urea groups is 1. The van der Waals surface area contributed by atoms with Crippen molar-refractivity contribution in [2.75, 3.05) is 42.8 Å². The smallest absolute Gasteiger partial charge is 0.319 e. The topological polar surface area (TPSA) is 134 Å². The number of hydrogen-bond donors (Lipinski definition) is 3. The van der Waals surface area contributed by atoms with Gasteiger partial charge in [0.05, 0.1) is 47.7 Å². The number of ether oxygens (including phenoxy) is 1. The van der Waals surface area contributed by atoms with E-state index in [0.29, 0.717) is 42.7 Å². The molecule has 5 rings (SSSR count). The fourth-order valence-electron chi connectivity index (χ4n) is 4.95. The quantitative estimate of drug-likeness (QED) is 0.368. The normalized spacial score (nSPS) is 18.6. The Kier molecular flexibility index (Phi) is 7.76. The molecule has 1 aliphatic heterocycles. The molecular formula is C28H32FN5O5S. The van der Waals surface area contributed by atoms with Crippen LogP contribution in [-0.4, -0.2) is 73.7 Å². The molecule has 3 N–H and O–H groups in total. The van der Waals surface area contributed by atoms with Crippen LogP contribution in [-0.2, 0) is 14.6 Å². The number of halogens is 1. The third-order valence-corrected chi connectivity index (χ3v) is 8.54. The van der Waals surface area contributed by atoms with Crippen molar-refractivity contribution in [2.45, 2.75) is 42.7 Å². The zero-order valence-electron chi connectivity index (χ0n) is 22.4. The van der Waals surface area contributed by atoms with Gasteiger partial charge in [-0.2, -0.15) is 0 Å². The number of hydrogen-bond acceptors (Lipinski definition) is 8. The Morgan fingerprint density at radius 1 is 1.15 bits per heavy atom. The van der Waals surface area contributed by atoms with Gasteiger partial charge < -0.3 is 25.4 Å². The van der Waals surface area contributed by atoms with E-state index in [4.69, 9.17) is 9.72 Å². The fourth-order valence-corrected chi connectivity index (χ4v) is 5.83. The second-order valence-corrected chi connectivity index (χ2v) is 12.4. The van der Waals surface area contributed by atoms with Crippen LogP contribution < -0.4 is 15.5 Å². The number of aliphatic hydroxyl groups excluding tert-OH is 1. The predicted octanol–water partition coefficient (Wildman–Crippen LogP) is 3.61. The summed E-state index contributed by atoms with van der Waals surface area (Å²) in [5, 5.41) is 15.3. The molecule has 2 fully saturated rings. The maximum atomic E-state index is 14.3. The van der Waals surface area contributed by atoms with Crippen molar-refractivity contribution >= 4 is 27.5 Å². The van der Waals surface area contributed by atoms with Crippen molar-refractivity contribution in [3.05, 3.63) is 54.3 Å². The summed E-state index contributed by atoms with van der Waals surface area (Å²) in [5.41, 5.74) is 1.62. The van der Waals surface area contributed by atoms with Crippen LogP contribution in [0.15, 0.2) is 53.4 Å². The van der Waals surface area contributed by atoms with E-state index < -0.39 is 27.2 Å². The molecule has 1 unspecified atom stereocenters. The van der Waals surface area contributed by atoms with E-state index in [0.717, 1.165) is 31.6 Å². The van der Waals surface area contributed by atoms with Gasteiger partial charge in [0.25, 0.3) is 0 Å². The van der Waals surface area contributed by atoms with E-state index in [1.54, 1.807) is 30.3 Å². The van der Waals surface area contributed by atoms with E-state index in [9.17, 15) is 22.7 Å². The number of carbonyl (C=O) groups is 1. The lowest BCUT2D eigenvalue weighted by molar-refractivity contribution is 0.0981. The second-order valence-electron chi connectivity index (χ2n) is 10.4. The summed E-state index contributed by atoms with van der Waals surface area (Å²) in [6.07, 6.45) is 3.51. The summed E-state index contributed by atoms with van der Waals surface area (Å²) in [4.78, 5) is 23.9. The number of sulfone groups is 1. The number of aliphatic hydroxyl groups is 1. The van der Waals surface area contributed by atoms with Crippen LogP contribution in [0, 0.1) is 5.82 Å². The molecule has 40 heavy (non-hydrogen) atoms. The first-order valence-electron chi connectivity index (χ1n) is 13.1. The lowest BCUT2D eigenvalue weighted by atomic mass is 9.77. The number of aromatic nitrogens is 2. The molecular weight excluding hydrogens is 537 g/mol. The molecule has 1 saturated heterocycles. The van der Waals surface area contributed by atoms with E-state index in [-0.39, 0.29) is 28.8 Å². The highest BCUT2D eigenvalue weighted by Crippen LogP contribution is 2.33. The van der Waals surface area contributed by atoms with Crippen molar-refractivity contribution in [2.24, 2.45) is 0 Å². The Balaban J connectivity index is 1.50. The molecule has 2 amide bonds. The zero-order valence-corrected chi connectivity index (χ0v) is 23.2. The number of rotatable bonds is 7. The van der Waals surface area contributed by atoms with Crippen LogP contribution in [0.1, 0.15) is 26.2 Å². The number of amides is 2. The SMILES string of the molecule is CC1COCCN1c1nc(-c2ccc(NC(=O)NC3(CO)CCC3)cc2)cc(-c2cc(F)ccc2S(C)(=O)=O)n1. The number of morpholine rings is 1. The Morgan fingerprint density at radius 2 is 1.88 bits per heavy atom. The number of nitrogens with zero attached hydrogens (tertiary/aromatic N) is 3. The van der Waals surface area contributed by atoms with Gasteiger partial charge in [0, 0.05) is 29.6 Å². The summed E-state index contributed by atoms with van der Waals surface area (Å²) < 4.78 is 45.0. The second kappa shape index (κ2) is 11.1. The molecule has 0 spiro atoms. The van der Waals surface area contributed by atoms with Crippen molar-refractivity contribution in [1.29, 1.82) is 0 Å². The van der Waals surface area contributed by atoms with Gasteiger partial charge in [0.1, 0.15) is 5.82 Å². The first-order chi connectivity index (χ1) is 19.1. The monoisotopic (exact) mass is 569 g/mol. The summed E-state index contributed by atoms with van der Waals surface area (Å²) in [6, 6.07) is 11.8. The molecule has 212 valence electrons. The van der Waals surface area contributed by atoms with Crippen molar-refractivity contribution in [3.63, 3.8) is 0 Å². The summed E-state index contributed by atoms with van der Waals surface area (Å²) in [7, 11) is -3.68. The Hall–Kier alpha value is -3.61. The molecule has 2 aromatic carbocycles. The zero-order chi connectivity index (χ0) is 28.5. The minimum absolute atomic E-state index is 0.0262. The lowest BCUT2D eigenvalue weighted by Crippen LogP contribution is -2.57. The largest absolute Gasteiger partial charge is 0.394 e. The molecule has 3 aromatic rings. The van der Waals surface area contributed by atoms with E-state index in [1.165, 1.54) is 12.1 Å². The van der Waals surface area contributed by atoms with Gasteiger partial charge in [-0.25, -0.2) is 27.6 Å². The minimum atomic E-state index is -3.68. The highest BCUT2D eigenvalue weighted by atomic mass is 32.2. The van der Waals surface area contributed by atoms with Crippen LogP contribution in [0.3, 0.4) is 0 Å². The molecule has 0 radical (unpaired) electrons. The first kappa shape index (κ1) is 27.9. The standard InChI is InChI=1S/C28H32FN5O5S/c1-18-16-39-13-12-34(18)26-31-23(15-24(32-26)22-14-20(29)6-9-25(22)40(2,37)38)19-4-7-21(8-5-19)30-27(36)33-28(17-35)10-3-11-28/h4-9,14-15,18,35H,3,10-13,16-17H2,1-2H3,(H2,30,33,36). The maximum Gasteiger partial charge on any atom is 0.319 e. The van der Waals surface area contributed by atoms with Gasteiger partial charge >= 0.3 is 6.03 Å². The number of carbonyl (C=O) groups excluding carboxylic acids is 1. The van der Waals surface area contributed by atoms with E-state index in [1.807, 2.05) is 11.8 Å². The van der Waals surface area contributed by atoms with Gasteiger partial charge in [-0.15, -0.1) is 0 Å². The van der Waals surface area contributed by atoms with Gasteiger partial charge in [0.2, 0.25) is 5.95 Å². The Morgan fingerprint density at radius 3 is 2.50 bits per heavy atom. The molecule has 2 heterocycles. The molecule has 1 saturated carbocycles. The number of anilines is 2. The van der Waals surface area contributed by atoms with Crippen molar-refractivity contribution < 1.29 is 27.4 Å². The molecule has 2 aliphatic rings. The van der Waals surface area contributed by atoms with Crippen LogP contribution in [0.4, 0.5) is 20.8 Å². The summed E-state index contributed by atoms with van der Waals surface area (Å²) in [6.45, 7) is 3.39. The third kappa shape index (κ3) is 5.93. The van der Waals surface area contributed by atoms with Crippen molar-refractivity contribution in [3.8, 4) is 22.5 Å². The minimum Gasteiger partial charge on any atom is -0.394 e. The lowest BCUT2D eigenvalue weighted by Gasteiger charge is -2.40. The average Bonchev–Trinajstić information content (AvgIpc) is 2.90. The highest BCUT2D eigenvalue weighted by molar-refractivity contribution is 7.90. The van der Waals surface area contributed by atoms with Gasteiger partial charge in [-0.05, 0) is 62.6 Å². The highest BCUT2D eigenvalue weighted by Gasteiger charge is 2.37. The molecule has 12 heteroatoms. The van der Waals surface area contributed by atoms with Crippen LogP contribution in [0.2, 0.25) is 0 Å².